The number of alkyl halides is 3. The van der Waals surface area contributed by atoms with Gasteiger partial charge >= 0.3 is 12.3 Å². The molecule has 0 aromatic heterocycles. The summed E-state index contributed by atoms with van der Waals surface area (Å²) in [4.78, 5) is 13.6. The first-order chi connectivity index (χ1) is 12.3. The predicted octanol–water partition coefficient (Wildman–Crippen LogP) is 4.21. The molecule has 0 spiro atoms. The maximum absolute atomic E-state index is 13.6. The van der Waals surface area contributed by atoms with Crippen LogP contribution in [0.25, 0.3) is 0 Å². The summed E-state index contributed by atoms with van der Waals surface area (Å²) < 4.78 is 69.5. The molecular formula is C18H23F5N2O2. The molecule has 1 aromatic rings. The summed E-state index contributed by atoms with van der Waals surface area (Å²) in [5, 5.41) is 2.64. The topological polar surface area (TPSA) is 41.6 Å². The highest BCUT2D eigenvalue weighted by Crippen LogP contribution is 2.30. The first kappa shape index (κ1) is 21.4. The van der Waals surface area contributed by atoms with Gasteiger partial charge < -0.3 is 15.0 Å². The van der Waals surface area contributed by atoms with Gasteiger partial charge in [0, 0.05) is 25.6 Å². The van der Waals surface area contributed by atoms with Crippen molar-refractivity contribution in [3.05, 3.63) is 35.4 Å². The normalized spacial score (nSPS) is 21.3. The van der Waals surface area contributed by atoms with Crippen molar-refractivity contribution in [1.82, 2.24) is 10.2 Å². The number of rotatable bonds is 4. The first-order valence-corrected chi connectivity index (χ1v) is 8.57. The molecule has 1 aliphatic rings. The lowest BCUT2D eigenvalue weighted by atomic mass is 9.94. The number of nitrogens with one attached hydrogen (secondary N) is 1. The summed E-state index contributed by atoms with van der Waals surface area (Å²) in [6.07, 6.45) is -6.00. The van der Waals surface area contributed by atoms with Crippen molar-refractivity contribution in [3.63, 3.8) is 0 Å². The Bertz CT molecular complexity index is 673. The van der Waals surface area contributed by atoms with E-state index in [1.54, 1.807) is 25.7 Å². The fraction of sp³-hybridized carbons (Fsp3) is 0.611. The van der Waals surface area contributed by atoms with Crippen LogP contribution in [-0.4, -0.2) is 48.4 Å². The molecule has 0 unspecified atom stereocenters. The Morgan fingerprint density at radius 2 is 1.85 bits per heavy atom. The highest BCUT2D eigenvalue weighted by molar-refractivity contribution is 5.68. The van der Waals surface area contributed by atoms with Gasteiger partial charge in [-0.3, -0.25) is 0 Å². The number of benzene rings is 1. The van der Waals surface area contributed by atoms with E-state index in [9.17, 15) is 26.7 Å². The zero-order chi connectivity index (χ0) is 20.4. The van der Waals surface area contributed by atoms with Gasteiger partial charge in [-0.25, -0.2) is 13.6 Å². The van der Waals surface area contributed by atoms with Crippen LogP contribution < -0.4 is 5.32 Å². The molecule has 1 aromatic carbocycles. The van der Waals surface area contributed by atoms with E-state index in [2.05, 4.69) is 5.32 Å². The smallest absolute Gasteiger partial charge is 0.407 e. The molecule has 1 N–H and O–H groups in total. The lowest BCUT2D eigenvalue weighted by Gasteiger charge is -2.24. The van der Waals surface area contributed by atoms with Gasteiger partial charge in [0.05, 0.1) is 12.5 Å². The van der Waals surface area contributed by atoms with E-state index in [4.69, 9.17) is 4.74 Å². The SMILES string of the molecule is CC(C)(C)OC(=O)N[C@@H]1CN(CCC(F)(F)F)C[C@H]1c1ccc(F)c(F)c1. The van der Waals surface area contributed by atoms with Gasteiger partial charge in [0.1, 0.15) is 5.60 Å². The Kier molecular flexibility index (Phi) is 6.34. The van der Waals surface area contributed by atoms with E-state index in [-0.39, 0.29) is 19.6 Å². The van der Waals surface area contributed by atoms with Crippen molar-refractivity contribution in [2.75, 3.05) is 19.6 Å². The highest BCUT2D eigenvalue weighted by atomic mass is 19.4. The van der Waals surface area contributed by atoms with E-state index in [0.717, 1.165) is 12.1 Å². The summed E-state index contributed by atoms with van der Waals surface area (Å²) in [6.45, 7) is 5.15. The molecule has 1 saturated heterocycles. The Balaban J connectivity index is 2.15. The van der Waals surface area contributed by atoms with E-state index in [1.165, 1.54) is 6.07 Å². The van der Waals surface area contributed by atoms with Gasteiger partial charge in [-0.15, -0.1) is 0 Å². The molecule has 0 radical (unpaired) electrons. The van der Waals surface area contributed by atoms with Gasteiger partial charge in [-0.05, 0) is 38.5 Å². The Morgan fingerprint density at radius 1 is 1.19 bits per heavy atom. The molecule has 2 rings (SSSR count). The molecule has 2 atom stereocenters. The Hall–Kier alpha value is -1.90. The predicted molar refractivity (Wildman–Crippen MR) is 89.4 cm³/mol. The number of amides is 1. The molecule has 1 amide bonds. The Labute approximate surface area is 154 Å². The number of halogens is 5. The molecule has 1 heterocycles. The monoisotopic (exact) mass is 394 g/mol. The second-order valence-electron chi connectivity index (χ2n) is 7.66. The zero-order valence-corrected chi connectivity index (χ0v) is 15.4. The van der Waals surface area contributed by atoms with Crippen molar-refractivity contribution in [2.24, 2.45) is 0 Å². The Morgan fingerprint density at radius 3 is 2.41 bits per heavy atom. The van der Waals surface area contributed by atoms with Gasteiger partial charge in [-0.2, -0.15) is 13.2 Å². The molecule has 27 heavy (non-hydrogen) atoms. The number of nitrogens with zero attached hydrogens (tertiary/aromatic N) is 1. The van der Waals surface area contributed by atoms with Gasteiger partial charge in [-0.1, -0.05) is 6.07 Å². The highest BCUT2D eigenvalue weighted by Gasteiger charge is 2.38. The summed E-state index contributed by atoms with van der Waals surface area (Å²) >= 11 is 0. The molecule has 1 fully saturated rings. The first-order valence-electron chi connectivity index (χ1n) is 8.57. The third-order valence-electron chi connectivity index (χ3n) is 4.18. The maximum atomic E-state index is 13.6. The molecule has 9 heteroatoms. The number of hydrogen-bond acceptors (Lipinski definition) is 3. The molecule has 0 aliphatic carbocycles. The molecule has 1 aliphatic heterocycles. The zero-order valence-electron chi connectivity index (χ0n) is 15.4. The number of likely N-dealkylation sites (tertiary alicyclic amines) is 1. The molecular weight excluding hydrogens is 371 g/mol. The lowest BCUT2D eigenvalue weighted by Crippen LogP contribution is -2.42. The summed E-state index contributed by atoms with van der Waals surface area (Å²) in [5.41, 5.74) is -0.333. The van der Waals surface area contributed by atoms with Gasteiger partial charge in [0.25, 0.3) is 0 Å². The van der Waals surface area contributed by atoms with Gasteiger partial charge in [0.2, 0.25) is 0 Å². The molecule has 0 bridgehead atoms. The number of carbonyl (C=O) groups is 1. The van der Waals surface area contributed by atoms with Crippen molar-refractivity contribution < 1.29 is 31.5 Å². The summed E-state index contributed by atoms with van der Waals surface area (Å²) in [7, 11) is 0. The van der Waals surface area contributed by atoms with Crippen molar-refractivity contribution in [1.29, 1.82) is 0 Å². The molecule has 0 saturated carbocycles. The van der Waals surface area contributed by atoms with E-state index in [0.29, 0.717) is 5.56 Å². The third-order valence-corrected chi connectivity index (χ3v) is 4.18. The standard InChI is InChI=1S/C18H23F5N2O2/c1-17(2,3)27-16(26)24-15-10-25(7-6-18(21,22)23)9-12(15)11-4-5-13(19)14(20)8-11/h4-5,8,12,15H,6-7,9-10H2,1-3H3,(H,24,26)/t12-,15+/m0/s1. The lowest BCUT2D eigenvalue weighted by molar-refractivity contribution is -0.137. The molecule has 4 nitrogen and oxygen atoms in total. The number of alkyl carbamates (subject to hydrolysis) is 1. The molecule has 152 valence electrons. The van der Waals surface area contributed by atoms with Crippen LogP contribution in [0, 0.1) is 11.6 Å². The van der Waals surface area contributed by atoms with Crippen LogP contribution >= 0.6 is 0 Å². The van der Waals surface area contributed by atoms with Crippen LogP contribution in [0.4, 0.5) is 26.7 Å². The van der Waals surface area contributed by atoms with Crippen molar-refractivity contribution in [2.45, 2.75) is 50.9 Å². The van der Waals surface area contributed by atoms with Crippen LogP contribution in [0.1, 0.15) is 38.7 Å². The van der Waals surface area contributed by atoms with Crippen LogP contribution in [0.5, 0.6) is 0 Å². The van der Waals surface area contributed by atoms with Crippen LogP contribution in [0.15, 0.2) is 18.2 Å². The second-order valence-corrected chi connectivity index (χ2v) is 7.66. The fourth-order valence-electron chi connectivity index (χ4n) is 3.04. The van der Waals surface area contributed by atoms with E-state index < -0.39 is 47.9 Å². The average molecular weight is 394 g/mol. The second kappa shape index (κ2) is 8.00. The summed E-state index contributed by atoms with van der Waals surface area (Å²) in [5.74, 6) is -2.54. The fourth-order valence-corrected chi connectivity index (χ4v) is 3.04. The van der Waals surface area contributed by atoms with E-state index >= 15 is 0 Å². The maximum Gasteiger partial charge on any atom is 0.407 e. The number of hydrogen-bond donors (Lipinski definition) is 1. The van der Waals surface area contributed by atoms with Gasteiger partial charge in [0.15, 0.2) is 11.6 Å². The largest absolute Gasteiger partial charge is 0.444 e. The number of ether oxygens (including phenoxy) is 1. The van der Waals surface area contributed by atoms with Crippen LogP contribution in [0.3, 0.4) is 0 Å². The number of carbonyl (C=O) groups excluding carboxylic acids is 1. The minimum absolute atomic E-state index is 0.152. The summed E-state index contributed by atoms with van der Waals surface area (Å²) in [6, 6.07) is 2.77. The minimum atomic E-state index is -4.30. The van der Waals surface area contributed by atoms with E-state index in [1.807, 2.05) is 0 Å². The average Bonchev–Trinajstić information content (AvgIpc) is 2.88. The van der Waals surface area contributed by atoms with Crippen LogP contribution in [-0.2, 0) is 4.74 Å². The quantitative estimate of drug-likeness (QED) is 0.778. The van der Waals surface area contributed by atoms with Crippen molar-refractivity contribution in [3.8, 4) is 0 Å². The third kappa shape index (κ3) is 6.64. The van der Waals surface area contributed by atoms with Crippen LogP contribution in [0.2, 0.25) is 0 Å². The van der Waals surface area contributed by atoms with Crippen molar-refractivity contribution >= 4 is 6.09 Å². The minimum Gasteiger partial charge on any atom is -0.444 e.